The largest absolute Gasteiger partial charge is 0.497 e. The fourth-order valence-electron chi connectivity index (χ4n) is 3.54. The van der Waals surface area contributed by atoms with Gasteiger partial charge in [-0.1, -0.05) is 30.3 Å². The quantitative estimate of drug-likeness (QED) is 0.408. The summed E-state index contributed by atoms with van der Waals surface area (Å²) < 4.78 is 22.9. The van der Waals surface area contributed by atoms with Gasteiger partial charge in [0.25, 0.3) is 5.91 Å². The van der Waals surface area contributed by atoms with Gasteiger partial charge >= 0.3 is 0 Å². The van der Waals surface area contributed by atoms with Crippen LogP contribution in [0, 0.1) is 5.82 Å². The highest BCUT2D eigenvalue weighted by Gasteiger charge is 2.20. The Morgan fingerprint density at radius 2 is 1.85 bits per heavy atom. The Morgan fingerprint density at radius 3 is 2.59 bits per heavy atom. The number of methoxy groups -OCH3 is 1. The van der Waals surface area contributed by atoms with Gasteiger partial charge in [0.2, 0.25) is 0 Å². The number of rotatable bonds is 6. The number of nitrogens with one attached hydrogen (secondary N) is 1. The van der Waals surface area contributed by atoms with Gasteiger partial charge in [-0.25, -0.2) is 18.7 Å². The first kappa shape index (κ1) is 21.1. The number of anilines is 1. The summed E-state index contributed by atoms with van der Waals surface area (Å²) in [5.41, 5.74) is 2.85. The van der Waals surface area contributed by atoms with Crippen molar-refractivity contribution in [3.8, 4) is 28.4 Å². The lowest BCUT2D eigenvalue weighted by molar-refractivity contribution is 0.102. The molecule has 0 atom stereocenters. The van der Waals surface area contributed by atoms with Crippen LogP contribution in [0.1, 0.15) is 10.4 Å². The molecule has 34 heavy (non-hydrogen) atoms. The van der Waals surface area contributed by atoms with E-state index in [9.17, 15) is 9.18 Å². The van der Waals surface area contributed by atoms with E-state index in [1.165, 1.54) is 29.5 Å². The van der Waals surface area contributed by atoms with Crippen LogP contribution in [0.2, 0.25) is 0 Å². The van der Waals surface area contributed by atoms with Crippen molar-refractivity contribution in [1.29, 1.82) is 0 Å². The van der Waals surface area contributed by atoms with E-state index in [4.69, 9.17) is 4.74 Å². The Balaban J connectivity index is 1.51. The molecule has 5 rings (SSSR count). The lowest BCUT2D eigenvalue weighted by atomic mass is 10.1. The third-order valence-corrected chi connectivity index (χ3v) is 5.19. The molecular weight excluding hydrogens is 435 g/mol. The van der Waals surface area contributed by atoms with Crippen LogP contribution >= 0.6 is 0 Å². The lowest BCUT2D eigenvalue weighted by Crippen LogP contribution is -2.13. The second-order valence-electron chi connectivity index (χ2n) is 7.36. The molecular formula is C25H19FN6O2. The minimum atomic E-state index is -0.545. The molecule has 0 aliphatic heterocycles. The second-order valence-corrected chi connectivity index (χ2v) is 7.36. The van der Waals surface area contributed by atoms with Crippen LogP contribution in [-0.4, -0.2) is 37.6 Å². The molecule has 0 saturated carbocycles. The topological polar surface area (TPSA) is 86.9 Å². The van der Waals surface area contributed by atoms with Crippen molar-refractivity contribution in [1.82, 2.24) is 24.5 Å². The molecule has 2 heterocycles. The van der Waals surface area contributed by atoms with Crippen molar-refractivity contribution in [2.24, 2.45) is 0 Å². The Morgan fingerprint density at radius 1 is 1.00 bits per heavy atom. The maximum Gasteiger partial charge on any atom is 0.259 e. The molecule has 0 unspecified atom stereocenters. The molecule has 3 aromatic carbocycles. The predicted octanol–water partition coefficient (Wildman–Crippen LogP) is 4.52. The Labute approximate surface area is 194 Å². The van der Waals surface area contributed by atoms with Crippen LogP contribution < -0.4 is 10.1 Å². The molecule has 0 spiro atoms. The Kier molecular flexibility index (Phi) is 5.57. The molecule has 0 saturated heterocycles. The molecule has 0 aliphatic carbocycles. The van der Waals surface area contributed by atoms with Gasteiger partial charge in [0.05, 0.1) is 18.4 Å². The summed E-state index contributed by atoms with van der Waals surface area (Å²) in [6.45, 7) is 0. The molecule has 0 aliphatic rings. The van der Waals surface area contributed by atoms with E-state index in [1.54, 1.807) is 30.1 Å². The summed E-state index contributed by atoms with van der Waals surface area (Å²) in [5, 5.41) is 11.4. The van der Waals surface area contributed by atoms with Crippen molar-refractivity contribution in [2.75, 3.05) is 12.4 Å². The zero-order valence-electron chi connectivity index (χ0n) is 18.1. The summed E-state index contributed by atoms with van der Waals surface area (Å²) in [6.07, 6.45) is 4.37. The van der Waals surface area contributed by atoms with Gasteiger partial charge in [-0.05, 0) is 42.5 Å². The summed E-state index contributed by atoms with van der Waals surface area (Å²) in [5.74, 6) is -0.326. The summed E-state index contributed by atoms with van der Waals surface area (Å²) in [7, 11) is 1.58. The highest BCUT2D eigenvalue weighted by Crippen LogP contribution is 2.28. The number of aromatic nitrogens is 5. The van der Waals surface area contributed by atoms with Gasteiger partial charge < -0.3 is 10.1 Å². The van der Waals surface area contributed by atoms with E-state index in [2.05, 4.69) is 20.5 Å². The van der Waals surface area contributed by atoms with Gasteiger partial charge in [0.1, 0.15) is 29.8 Å². The smallest absolute Gasteiger partial charge is 0.259 e. The van der Waals surface area contributed by atoms with Crippen molar-refractivity contribution in [3.63, 3.8) is 0 Å². The molecule has 1 N–H and O–H groups in total. The molecule has 168 valence electrons. The van der Waals surface area contributed by atoms with Crippen LogP contribution in [-0.2, 0) is 0 Å². The van der Waals surface area contributed by atoms with E-state index in [0.717, 1.165) is 5.69 Å². The summed E-state index contributed by atoms with van der Waals surface area (Å²) >= 11 is 0. The monoisotopic (exact) mass is 454 g/mol. The Bertz CT molecular complexity index is 1450. The third-order valence-electron chi connectivity index (χ3n) is 5.19. The molecule has 0 fully saturated rings. The minimum absolute atomic E-state index is 0.226. The molecule has 2 aromatic heterocycles. The van der Waals surface area contributed by atoms with Crippen LogP contribution in [0.3, 0.4) is 0 Å². The summed E-state index contributed by atoms with van der Waals surface area (Å²) in [4.78, 5) is 17.1. The van der Waals surface area contributed by atoms with Crippen LogP contribution in [0.15, 0.2) is 91.6 Å². The second kappa shape index (κ2) is 8.99. The molecule has 0 bridgehead atoms. The summed E-state index contributed by atoms with van der Waals surface area (Å²) in [6, 6.07) is 21.1. The van der Waals surface area contributed by atoms with E-state index in [-0.39, 0.29) is 5.69 Å². The zero-order chi connectivity index (χ0) is 23.5. The van der Waals surface area contributed by atoms with Gasteiger partial charge in [-0.2, -0.15) is 10.2 Å². The first-order chi connectivity index (χ1) is 16.6. The lowest BCUT2D eigenvalue weighted by Gasteiger charge is -2.08. The number of para-hydroxylation sites is 1. The zero-order valence-corrected chi connectivity index (χ0v) is 18.1. The Hall–Kier alpha value is -4.79. The number of hydrogen-bond donors (Lipinski definition) is 1. The van der Waals surface area contributed by atoms with Gasteiger partial charge in [0.15, 0.2) is 5.82 Å². The predicted molar refractivity (Wildman–Crippen MR) is 125 cm³/mol. The SMILES string of the molecule is COc1cccc(-c2nn(-c3ccccc3)cc2C(=O)Nc2ccc(-n3cncn3)c(F)c2)c1. The molecule has 0 radical (unpaired) electrons. The van der Waals surface area contributed by atoms with Crippen molar-refractivity contribution in [3.05, 3.63) is 103 Å². The van der Waals surface area contributed by atoms with Crippen molar-refractivity contribution >= 4 is 11.6 Å². The third kappa shape index (κ3) is 4.14. The number of ether oxygens (including phenoxy) is 1. The number of halogens is 1. The molecule has 5 aromatic rings. The van der Waals surface area contributed by atoms with E-state index < -0.39 is 11.7 Å². The van der Waals surface area contributed by atoms with Crippen molar-refractivity contribution in [2.45, 2.75) is 0 Å². The van der Waals surface area contributed by atoms with E-state index in [0.29, 0.717) is 28.3 Å². The highest BCUT2D eigenvalue weighted by atomic mass is 19.1. The van der Waals surface area contributed by atoms with Crippen LogP contribution in [0.5, 0.6) is 5.75 Å². The molecule has 9 heteroatoms. The van der Waals surface area contributed by atoms with Crippen LogP contribution in [0.4, 0.5) is 10.1 Å². The van der Waals surface area contributed by atoms with Crippen LogP contribution in [0.25, 0.3) is 22.6 Å². The maximum atomic E-state index is 14.6. The average molecular weight is 454 g/mol. The van der Waals surface area contributed by atoms with Gasteiger partial charge in [-0.3, -0.25) is 4.79 Å². The molecule has 1 amide bonds. The van der Waals surface area contributed by atoms with E-state index >= 15 is 0 Å². The number of carbonyl (C=O) groups is 1. The maximum absolute atomic E-state index is 14.6. The average Bonchev–Trinajstić information content (AvgIpc) is 3.56. The molecule has 8 nitrogen and oxygen atoms in total. The van der Waals surface area contributed by atoms with E-state index in [1.807, 2.05) is 48.5 Å². The minimum Gasteiger partial charge on any atom is -0.497 e. The van der Waals surface area contributed by atoms with Gasteiger partial charge in [-0.15, -0.1) is 0 Å². The number of nitrogens with zero attached hydrogens (tertiary/aromatic N) is 5. The highest BCUT2D eigenvalue weighted by molar-refractivity contribution is 6.08. The first-order valence-electron chi connectivity index (χ1n) is 10.4. The first-order valence-corrected chi connectivity index (χ1v) is 10.4. The number of benzene rings is 3. The number of carbonyl (C=O) groups excluding carboxylic acids is 1. The normalized spacial score (nSPS) is 10.8. The standard InChI is InChI=1S/C25H19FN6O2/c1-34-20-9-5-6-17(12-20)24-21(14-31(30-24)19-7-3-2-4-8-19)25(33)29-18-10-11-23(22(26)13-18)32-16-27-15-28-32/h2-16H,1H3,(H,29,33). The fourth-order valence-corrected chi connectivity index (χ4v) is 3.54. The number of amides is 1. The van der Waals surface area contributed by atoms with Gasteiger partial charge in [0, 0.05) is 17.4 Å². The fraction of sp³-hybridized carbons (Fsp3) is 0.0400. The number of hydrogen-bond acceptors (Lipinski definition) is 5. The van der Waals surface area contributed by atoms with Crippen molar-refractivity contribution < 1.29 is 13.9 Å².